The summed E-state index contributed by atoms with van der Waals surface area (Å²) >= 11 is 0. The number of aliphatic carboxylic acids is 1. The van der Waals surface area contributed by atoms with Gasteiger partial charge in [0, 0.05) is 5.56 Å². The molecular weight excluding hydrogens is 350 g/mol. The topological polar surface area (TPSA) is 125 Å². The van der Waals surface area contributed by atoms with Crippen LogP contribution in [0.5, 0.6) is 0 Å². The minimum absolute atomic E-state index is 0.303. The first-order valence-corrected chi connectivity index (χ1v) is 9.07. The van der Waals surface area contributed by atoms with E-state index in [2.05, 4.69) is 16.0 Å². The molecule has 0 radical (unpaired) electrons. The molecule has 4 amide bonds. The molecule has 8 heteroatoms. The SMILES string of the molecule is CC1(c2ccc(C(=O)NC3(C(=O)O)CCCCCC3)cc2)NC(=O)NC1=O. The molecule has 27 heavy (non-hydrogen) atoms. The predicted octanol–water partition coefficient (Wildman–Crippen LogP) is 1.65. The minimum Gasteiger partial charge on any atom is -0.480 e. The Balaban J connectivity index is 1.78. The Labute approximate surface area is 156 Å². The zero-order valence-electron chi connectivity index (χ0n) is 15.1. The summed E-state index contributed by atoms with van der Waals surface area (Å²) in [5, 5.41) is 17.1. The number of carbonyl (C=O) groups is 4. The van der Waals surface area contributed by atoms with Crippen LogP contribution in [0.4, 0.5) is 4.79 Å². The molecule has 2 aliphatic rings. The van der Waals surface area contributed by atoms with Gasteiger partial charge in [-0.1, -0.05) is 37.8 Å². The van der Waals surface area contributed by atoms with E-state index in [-0.39, 0.29) is 0 Å². The van der Waals surface area contributed by atoms with Crippen molar-refractivity contribution in [2.45, 2.75) is 56.5 Å². The van der Waals surface area contributed by atoms with Gasteiger partial charge in [0.25, 0.3) is 11.8 Å². The van der Waals surface area contributed by atoms with Crippen LogP contribution in [0.15, 0.2) is 24.3 Å². The van der Waals surface area contributed by atoms with Crippen molar-refractivity contribution in [3.05, 3.63) is 35.4 Å². The van der Waals surface area contributed by atoms with Gasteiger partial charge in [-0.25, -0.2) is 9.59 Å². The van der Waals surface area contributed by atoms with Crippen molar-refractivity contribution in [3.8, 4) is 0 Å². The predicted molar refractivity (Wildman–Crippen MR) is 96.0 cm³/mol. The van der Waals surface area contributed by atoms with E-state index < -0.39 is 34.9 Å². The molecule has 0 aromatic heterocycles. The van der Waals surface area contributed by atoms with Gasteiger partial charge in [0.2, 0.25) is 0 Å². The maximum atomic E-state index is 12.6. The molecule has 8 nitrogen and oxygen atoms in total. The van der Waals surface area contributed by atoms with E-state index >= 15 is 0 Å². The second-order valence-corrected chi connectivity index (χ2v) is 7.37. The first kappa shape index (κ1) is 18.9. The van der Waals surface area contributed by atoms with Crippen LogP contribution in [0.2, 0.25) is 0 Å². The van der Waals surface area contributed by atoms with Gasteiger partial charge in [0.1, 0.15) is 11.1 Å². The molecule has 0 spiro atoms. The third-order valence-corrected chi connectivity index (χ3v) is 5.49. The van der Waals surface area contributed by atoms with Gasteiger partial charge in [-0.05, 0) is 37.5 Å². The molecule has 1 unspecified atom stereocenters. The fraction of sp³-hybridized carbons (Fsp3) is 0.474. The Kier molecular flexibility index (Phi) is 4.91. The van der Waals surface area contributed by atoms with Gasteiger partial charge in [-0.2, -0.15) is 0 Å². The number of rotatable bonds is 4. The fourth-order valence-corrected chi connectivity index (χ4v) is 3.72. The summed E-state index contributed by atoms with van der Waals surface area (Å²) in [6.07, 6.45) is 4.28. The highest BCUT2D eigenvalue weighted by Crippen LogP contribution is 2.28. The van der Waals surface area contributed by atoms with Crippen molar-refractivity contribution in [2.75, 3.05) is 0 Å². The first-order chi connectivity index (χ1) is 12.8. The van der Waals surface area contributed by atoms with Crippen LogP contribution >= 0.6 is 0 Å². The number of hydrogen-bond acceptors (Lipinski definition) is 4. The lowest BCUT2D eigenvalue weighted by atomic mass is 9.89. The standard InChI is InChI=1S/C19H23N3O5/c1-18(15(24)20-17(27)22-18)13-8-6-12(7-9-13)14(23)21-19(16(25)26)10-4-2-3-5-11-19/h6-9H,2-5,10-11H2,1H3,(H,21,23)(H,25,26)(H2,20,22,24,27). The van der Waals surface area contributed by atoms with Crippen LogP contribution in [-0.4, -0.2) is 34.5 Å². The van der Waals surface area contributed by atoms with E-state index in [1.54, 1.807) is 19.1 Å². The summed E-state index contributed by atoms with van der Waals surface area (Å²) in [5.41, 5.74) is -1.60. The summed E-state index contributed by atoms with van der Waals surface area (Å²) in [7, 11) is 0. The molecule has 1 atom stereocenters. The number of carbonyl (C=O) groups excluding carboxylic acids is 3. The Bertz CT molecular complexity index is 781. The molecule has 1 saturated heterocycles. The first-order valence-electron chi connectivity index (χ1n) is 9.07. The van der Waals surface area contributed by atoms with Crippen LogP contribution in [0.25, 0.3) is 0 Å². The van der Waals surface area contributed by atoms with Crippen LogP contribution in [0.1, 0.15) is 61.4 Å². The molecule has 2 fully saturated rings. The molecule has 4 N–H and O–H groups in total. The number of nitrogens with one attached hydrogen (secondary N) is 3. The number of imide groups is 1. The highest BCUT2D eigenvalue weighted by Gasteiger charge is 2.43. The second kappa shape index (κ2) is 7.02. The highest BCUT2D eigenvalue weighted by molar-refractivity contribution is 6.07. The van der Waals surface area contributed by atoms with Gasteiger partial charge < -0.3 is 15.7 Å². The maximum absolute atomic E-state index is 12.6. The van der Waals surface area contributed by atoms with Gasteiger partial charge in [-0.15, -0.1) is 0 Å². The van der Waals surface area contributed by atoms with Crippen molar-refractivity contribution in [3.63, 3.8) is 0 Å². The molecular formula is C19H23N3O5. The lowest BCUT2D eigenvalue weighted by Gasteiger charge is -2.29. The Hall–Kier alpha value is -2.90. The zero-order valence-corrected chi connectivity index (χ0v) is 15.1. The van der Waals surface area contributed by atoms with Crippen molar-refractivity contribution in [1.29, 1.82) is 0 Å². The Morgan fingerprint density at radius 1 is 1.04 bits per heavy atom. The van der Waals surface area contributed by atoms with Crippen molar-refractivity contribution in [2.24, 2.45) is 0 Å². The van der Waals surface area contributed by atoms with E-state index in [0.717, 1.165) is 25.7 Å². The third-order valence-electron chi connectivity index (χ3n) is 5.49. The monoisotopic (exact) mass is 373 g/mol. The van der Waals surface area contributed by atoms with E-state index in [1.165, 1.54) is 12.1 Å². The number of benzene rings is 1. The molecule has 1 aliphatic carbocycles. The molecule has 144 valence electrons. The van der Waals surface area contributed by atoms with Crippen molar-refractivity contribution in [1.82, 2.24) is 16.0 Å². The molecule has 0 bridgehead atoms. The average molecular weight is 373 g/mol. The van der Waals surface area contributed by atoms with Crippen LogP contribution < -0.4 is 16.0 Å². The normalized spacial score (nSPS) is 24.5. The van der Waals surface area contributed by atoms with E-state index in [1.807, 2.05) is 0 Å². The van der Waals surface area contributed by atoms with E-state index in [9.17, 15) is 24.3 Å². The summed E-state index contributed by atoms with van der Waals surface area (Å²) in [6.45, 7) is 1.58. The quantitative estimate of drug-likeness (QED) is 0.472. The molecule has 1 saturated carbocycles. The zero-order chi connectivity index (χ0) is 19.7. The second-order valence-electron chi connectivity index (χ2n) is 7.37. The molecule has 1 heterocycles. The fourth-order valence-electron chi connectivity index (χ4n) is 3.72. The van der Waals surface area contributed by atoms with Crippen LogP contribution in [0, 0.1) is 0 Å². The number of hydrogen-bond donors (Lipinski definition) is 4. The number of amides is 4. The van der Waals surface area contributed by atoms with E-state index in [4.69, 9.17) is 0 Å². The van der Waals surface area contributed by atoms with Crippen LogP contribution in [0.3, 0.4) is 0 Å². The molecule has 1 aliphatic heterocycles. The third kappa shape index (κ3) is 3.51. The summed E-state index contributed by atoms with van der Waals surface area (Å²) < 4.78 is 0. The summed E-state index contributed by atoms with van der Waals surface area (Å²) in [6, 6.07) is 5.65. The molecule has 3 rings (SSSR count). The van der Waals surface area contributed by atoms with Gasteiger partial charge in [-0.3, -0.25) is 14.9 Å². The minimum atomic E-state index is -1.24. The smallest absolute Gasteiger partial charge is 0.329 e. The van der Waals surface area contributed by atoms with Crippen molar-refractivity contribution < 1.29 is 24.3 Å². The number of carboxylic acid groups (broad SMARTS) is 1. The van der Waals surface area contributed by atoms with Gasteiger partial charge >= 0.3 is 12.0 Å². The van der Waals surface area contributed by atoms with E-state index in [0.29, 0.717) is 24.0 Å². The highest BCUT2D eigenvalue weighted by atomic mass is 16.4. The summed E-state index contributed by atoms with van der Waals surface area (Å²) in [5.74, 6) is -1.93. The lowest BCUT2D eigenvalue weighted by Crippen LogP contribution is -2.54. The Morgan fingerprint density at radius 2 is 1.63 bits per heavy atom. The molecule has 1 aromatic carbocycles. The maximum Gasteiger partial charge on any atom is 0.329 e. The number of urea groups is 1. The average Bonchev–Trinajstić information content (AvgIpc) is 2.80. The van der Waals surface area contributed by atoms with Crippen LogP contribution in [-0.2, 0) is 15.1 Å². The largest absolute Gasteiger partial charge is 0.480 e. The lowest BCUT2D eigenvalue weighted by molar-refractivity contribution is -0.145. The van der Waals surface area contributed by atoms with Crippen molar-refractivity contribution >= 4 is 23.8 Å². The Morgan fingerprint density at radius 3 is 2.11 bits per heavy atom. The van der Waals surface area contributed by atoms with Gasteiger partial charge in [0.05, 0.1) is 0 Å². The summed E-state index contributed by atoms with van der Waals surface area (Å²) in [4.78, 5) is 47.9. The van der Waals surface area contributed by atoms with Gasteiger partial charge in [0.15, 0.2) is 0 Å². The number of carboxylic acids is 1. The molecule has 1 aromatic rings.